The van der Waals surface area contributed by atoms with Gasteiger partial charge in [-0.3, -0.25) is 10.4 Å². The van der Waals surface area contributed by atoms with E-state index in [1.165, 1.54) is 11.3 Å². The summed E-state index contributed by atoms with van der Waals surface area (Å²) >= 11 is 0. The first-order valence-corrected chi connectivity index (χ1v) is 4.88. The smallest absolute Gasteiger partial charge is 0.0649 e. The molecule has 14 heavy (non-hydrogen) atoms. The van der Waals surface area contributed by atoms with Crippen molar-refractivity contribution in [3.05, 3.63) is 35.6 Å². The molecule has 1 aliphatic carbocycles. The summed E-state index contributed by atoms with van der Waals surface area (Å²) in [6, 6.07) is 0. The van der Waals surface area contributed by atoms with Crippen molar-refractivity contribution in [2.75, 3.05) is 6.54 Å². The topological polar surface area (TPSA) is 36.8 Å². The fourth-order valence-electron chi connectivity index (χ4n) is 2.05. The van der Waals surface area contributed by atoms with Crippen molar-refractivity contribution in [3.8, 4) is 0 Å². The SMILES string of the molecule is C1=CC2=C(C=CC3CCN=C23)NN=C1. The Labute approximate surface area is 82.6 Å². The third-order valence-electron chi connectivity index (χ3n) is 2.74. The number of nitrogens with one attached hydrogen (secondary N) is 1. The number of fused-ring (bicyclic) bond motifs is 2. The van der Waals surface area contributed by atoms with Crippen molar-refractivity contribution in [2.45, 2.75) is 6.42 Å². The molecule has 2 aliphatic heterocycles. The summed E-state index contributed by atoms with van der Waals surface area (Å²) in [6.45, 7) is 0.954. The maximum Gasteiger partial charge on any atom is 0.0649 e. The lowest BCUT2D eigenvalue weighted by Gasteiger charge is -2.17. The first-order chi connectivity index (χ1) is 6.95. The van der Waals surface area contributed by atoms with Crippen LogP contribution in [0.25, 0.3) is 0 Å². The van der Waals surface area contributed by atoms with Crippen LogP contribution in [0.5, 0.6) is 0 Å². The Morgan fingerprint density at radius 3 is 3.36 bits per heavy atom. The van der Waals surface area contributed by atoms with Gasteiger partial charge in [0.05, 0.1) is 11.4 Å². The second kappa shape index (κ2) is 2.94. The van der Waals surface area contributed by atoms with Crippen LogP contribution in [0.2, 0.25) is 0 Å². The highest BCUT2D eigenvalue weighted by Gasteiger charge is 2.25. The molecular formula is C11H11N3. The minimum atomic E-state index is 0.526. The minimum absolute atomic E-state index is 0.526. The maximum absolute atomic E-state index is 4.54. The lowest BCUT2D eigenvalue weighted by Crippen LogP contribution is -2.19. The van der Waals surface area contributed by atoms with Crippen molar-refractivity contribution >= 4 is 11.9 Å². The van der Waals surface area contributed by atoms with Gasteiger partial charge in [-0.25, -0.2) is 0 Å². The summed E-state index contributed by atoms with van der Waals surface area (Å²) in [5.74, 6) is 0.526. The van der Waals surface area contributed by atoms with Gasteiger partial charge in [-0.15, -0.1) is 0 Å². The first-order valence-electron chi connectivity index (χ1n) is 4.88. The van der Waals surface area contributed by atoms with Crippen LogP contribution in [0.4, 0.5) is 0 Å². The Kier molecular flexibility index (Phi) is 1.63. The van der Waals surface area contributed by atoms with Gasteiger partial charge in [0.1, 0.15) is 0 Å². The van der Waals surface area contributed by atoms with E-state index < -0.39 is 0 Å². The molecule has 1 unspecified atom stereocenters. The molecule has 0 bridgehead atoms. The van der Waals surface area contributed by atoms with Crippen molar-refractivity contribution in [1.82, 2.24) is 5.43 Å². The number of hydrazone groups is 1. The molecule has 0 aromatic carbocycles. The molecule has 0 saturated carbocycles. The second-order valence-corrected chi connectivity index (χ2v) is 3.60. The number of hydrogen-bond donors (Lipinski definition) is 1. The maximum atomic E-state index is 4.54. The van der Waals surface area contributed by atoms with Crippen LogP contribution in [0.3, 0.4) is 0 Å². The van der Waals surface area contributed by atoms with Gasteiger partial charge in [-0.05, 0) is 24.6 Å². The van der Waals surface area contributed by atoms with Crippen molar-refractivity contribution < 1.29 is 0 Å². The van der Waals surface area contributed by atoms with E-state index in [1.54, 1.807) is 6.21 Å². The van der Waals surface area contributed by atoms with Gasteiger partial charge in [-0.1, -0.05) is 6.08 Å². The van der Waals surface area contributed by atoms with Crippen molar-refractivity contribution in [2.24, 2.45) is 16.0 Å². The molecule has 3 nitrogen and oxygen atoms in total. The number of aliphatic imine (C=N–C) groups is 1. The molecule has 3 heteroatoms. The minimum Gasteiger partial charge on any atom is -0.288 e. The van der Waals surface area contributed by atoms with Crippen LogP contribution in [-0.2, 0) is 0 Å². The predicted octanol–water partition coefficient (Wildman–Crippen LogP) is 1.42. The third-order valence-corrected chi connectivity index (χ3v) is 2.74. The van der Waals surface area contributed by atoms with Crippen LogP contribution >= 0.6 is 0 Å². The van der Waals surface area contributed by atoms with E-state index in [0.717, 1.165) is 18.7 Å². The Morgan fingerprint density at radius 1 is 1.36 bits per heavy atom. The number of rotatable bonds is 0. The summed E-state index contributed by atoms with van der Waals surface area (Å²) in [6.07, 6.45) is 11.3. The van der Waals surface area contributed by atoms with Gasteiger partial charge in [0, 0.05) is 24.3 Å². The number of hydrogen-bond acceptors (Lipinski definition) is 3. The lowest BCUT2D eigenvalue weighted by molar-refractivity contribution is 0.806. The zero-order valence-corrected chi connectivity index (χ0v) is 7.77. The average molecular weight is 185 g/mol. The van der Waals surface area contributed by atoms with Crippen molar-refractivity contribution in [3.63, 3.8) is 0 Å². The van der Waals surface area contributed by atoms with Gasteiger partial charge in [-0.2, -0.15) is 5.10 Å². The molecule has 0 spiro atoms. The molecule has 0 amide bonds. The van der Waals surface area contributed by atoms with E-state index in [1.807, 2.05) is 6.08 Å². The standard InChI is InChI=1S/C11H11N3/c1-2-9-10(14-13-6-1)4-3-8-5-7-12-11(8)9/h1-4,6,8,14H,5,7H2. The van der Waals surface area contributed by atoms with Crippen LogP contribution < -0.4 is 5.43 Å². The molecule has 0 aromatic heterocycles. The van der Waals surface area contributed by atoms with Crippen molar-refractivity contribution in [1.29, 1.82) is 0 Å². The molecule has 3 rings (SSSR count). The van der Waals surface area contributed by atoms with E-state index in [0.29, 0.717) is 5.92 Å². The fourth-order valence-corrected chi connectivity index (χ4v) is 2.05. The van der Waals surface area contributed by atoms with Gasteiger partial charge in [0.15, 0.2) is 0 Å². The Hall–Kier alpha value is -1.64. The first kappa shape index (κ1) is 7.74. The molecule has 1 atom stereocenters. The molecule has 1 N–H and O–H groups in total. The average Bonchev–Trinajstić information content (AvgIpc) is 2.55. The Balaban J connectivity index is 2.10. The molecule has 3 aliphatic rings. The molecule has 0 fully saturated rings. The Morgan fingerprint density at radius 2 is 2.36 bits per heavy atom. The van der Waals surface area contributed by atoms with Gasteiger partial charge in [0.25, 0.3) is 0 Å². The Bertz CT molecular complexity index is 410. The van der Waals surface area contributed by atoms with Crippen LogP contribution in [0.1, 0.15) is 6.42 Å². The zero-order chi connectivity index (χ0) is 9.38. The van der Waals surface area contributed by atoms with Gasteiger partial charge < -0.3 is 0 Å². The molecule has 0 aromatic rings. The van der Waals surface area contributed by atoms with Crippen LogP contribution in [0.15, 0.2) is 45.7 Å². The highest BCUT2D eigenvalue weighted by atomic mass is 15.3. The molecule has 70 valence electrons. The summed E-state index contributed by atoms with van der Waals surface area (Å²) in [5, 5.41) is 4.04. The summed E-state index contributed by atoms with van der Waals surface area (Å²) < 4.78 is 0. The van der Waals surface area contributed by atoms with E-state index in [4.69, 9.17) is 0 Å². The monoisotopic (exact) mass is 185 g/mol. The fraction of sp³-hybridized carbons (Fsp3) is 0.273. The molecule has 0 saturated heterocycles. The normalized spacial score (nSPS) is 28.0. The van der Waals surface area contributed by atoms with E-state index in [9.17, 15) is 0 Å². The summed E-state index contributed by atoms with van der Waals surface area (Å²) in [7, 11) is 0. The molecule has 2 heterocycles. The lowest BCUT2D eigenvalue weighted by atomic mass is 9.90. The second-order valence-electron chi connectivity index (χ2n) is 3.60. The predicted molar refractivity (Wildman–Crippen MR) is 57.3 cm³/mol. The van der Waals surface area contributed by atoms with E-state index in [2.05, 4.69) is 33.7 Å². The quantitative estimate of drug-likeness (QED) is 0.608. The largest absolute Gasteiger partial charge is 0.288 e. The number of nitrogens with zero attached hydrogens (tertiary/aromatic N) is 2. The van der Waals surface area contributed by atoms with Gasteiger partial charge in [0.2, 0.25) is 0 Å². The molecule has 0 radical (unpaired) electrons. The summed E-state index contributed by atoms with van der Waals surface area (Å²) in [4.78, 5) is 4.54. The van der Waals surface area contributed by atoms with E-state index in [-0.39, 0.29) is 0 Å². The van der Waals surface area contributed by atoms with E-state index >= 15 is 0 Å². The van der Waals surface area contributed by atoms with Crippen LogP contribution in [0, 0.1) is 5.92 Å². The third kappa shape index (κ3) is 1.05. The molecular weight excluding hydrogens is 174 g/mol. The highest BCUT2D eigenvalue weighted by molar-refractivity contribution is 6.08. The van der Waals surface area contributed by atoms with Crippen LogP contribution in [-0.4, -0.2) is 18.5 Å². The van der Waals surface area contributed by atoms with Gasteiger partial charge >= 0.3 is 0 Å². The number of allylic oxidation sites excluding steroid dienone is 5. The zero-order valence-electron chi connectivity index (χ0n) is 7.77. The summed E-state index contributed by atoms with van der Waals surface area (Å²) in [5.41, 5.74) is 6.50. The highest BCUT2D eigenvalue weighted by Crippen LogP contribution is 2.28.